The van der Waals surface area contributed by atoms with Crippen LogP contribution in [0.5, 0.6) is 0 Å². The number of hydrogen-bond donors (Lipinski definition) is 2. The molecule has 92 valence electrons. The van der Waals surface area contributed by atoms with Crippen LogP contribution in [0.1, 0.15) is 20.3 Å². The molecule has 1 aliphatic rings. The molecule has 6 heteroatoms. The number of aliphatic hydroxyl groups excluding tert-OH is 1. The molecule has 0 saturated carbocycles. The molecule has 1 unspecified atom stereocenters. The Bertz CT molecular complexity index is 278. The van der Waals surface area contributed by atoms with Gasteiger partial charge in [-0.25, -0.2) is 9.59 Å². The van der Waals surface area contributed by atoms with Crippen molar-refractivity contribution in [2.45, 2.75) is 32.4 Å². The molecule has 2 atom stereocenters. The van der Waals surface area contributed by atoms with Gasteiger partial charge < -0.3 is 14.9 Å². The van der Waals surface area contributed by atoms with E-state index in [0.29, 0.717) is 0 Å². The molecule has 16 heavy (non-hydrogen) atoms. The maximum absolute atomic E-state index is 11.5. The first-order valence-electron chi connectivity index (χ1n) is 5.26. The fourth-order valence-electron chi connectivity index (χ4n) is 1.57. The normalized spacial score (nSPS) is 24.9. The largest absolute Gasteiger partial charge is 0.480 e. The van der Waals surface area contributed by atoms with E-state index in [1.165, 1.54) is 0 Å². The predicted molar refractivity (Wildman–Crippen MR) is 54.9 cm³/mol. The third-order valence-electron chi connectivity index (χ3n) is 2.34. The van der Waals surface area contributed by atoms with Crippen molar-refractivity contribution in [3.05, 3.63) is 0 Å². The topological polar surface area (TPSA) is 87.1 Å². The zero-order chi connectivity index (χ0) is 12.3. The van der Waals surface area contributed by atoms with E-state index in [0.717, 1.165) is 4.90 Å². The van der Waals surface area contributed by atoms with Gasteiger partial charge in [-0.1, -0.05) is 13.8 Å². The van der Waals surface area contributed by atoms with Crippen molar-refractivity contribution in [1.82, 2.24) is 4.90 Å². The second-order valence-electron chi connectivity index (χ2n) is 4.37. The van der Waals surface area contributed by atoms with Crippen LogP contribution in [0, 0.1) is 5.92 Å². The second kappa shape index (κ2) is 5.16. The number of hydrogen-bond acceptors (Lipinski definition) is 4. The first kappa shape index (κ1) is 12.8. The highest BCUT2D eigenvalue weighted by Gasteiger charge is 2.39. The summed E-state index contributed by atoms with van der Waals surface area (Å²) in [6.07, 6.45) is -1.39. The molecule has 1 aliphatic heterocycles. The minimum Gasteiger partial charge on any atom is -0.480 e. The van der Waals surface area contributed by atoms with Crippen LogP contribution < -0.4 is 0 Å². The molecule has 0 aliphatic carbocycles. The predicted octanol–water partition coefficient (Wildman–Crippen LogP) is 0.299. The highest BCUT2D eigenvalue weighted by atomic mass is 16.6. The Morgan fingerprint density at radius 2 is 2.12 bits per heavy atom. The fourth-order valence-corrected chi connectivity index (χ4v) is 1.57. The van der Waals surface area contributed by atoms with E-state index >= 15 is 0 Å². The summed E-state index contributed by atoms with van der Waals surface area (Å²) in [5.41, 5.74) is 0. The molecule has 0 radical (unpaired) electrons. The molecule has 1 saturated heterocycles. The van der Waals surface area contributed by atoms with Crippen molar-refractivity contribution in [2.24, 2.45) is 5.92 Å². The van der Waals surface area contributed by atoms with Gasteiger partial charge in [0.25, 0.3) is 0 Å². The molecule has 0 bridgehead atoms. The molecule has 0 aromatic carbocycles. The molecule has 1 amide bonds. The Labute approximate surface area is 93.8 Å². The number of β-amino-alcohol motifs (C(OH)–C–C–N with tert-alkyl or cyclic N) is 1. The number of aliphatic hydroxyl groups is 1. The van der Waals surface area contributed by atoms with Crippen molar-refractivity contribution < 1.29 is 24.5 Å². The number of rotatable bonds is 3. The Kier molecular flexibility index (Phi) is 4.12. The van der Waals surface area contributed by atoms with Crippen molar-refractivity contribution in [1.29, 1.82) is 0 Å². The number of carbonyl (C=O) groups is 2. The molecule has 2 N–H and O–H groups in total. The summed E-state index contributed by atoms with van der Waals surface area (Å²) in [6.45, 7) is 4.05. The van der Waals surface area contributed by atoms with Crippen LogP contribution in [-0.4, -0.2) is 52.5 Å². The average Bonchev–Trinajstić information content (AvgIpc) is 2.56. The van der Waals surface area contributed by atoms with E-state index in [4.69, 9.17) is 9.84 Å². The Balaban J connectivity index is 2.56. The summed E-state index contributed by atoms with van der Waals surface area (Å²) >= 11 is 0. The maximum atomic E-state index is 11.5. The van der Waals surface area contributed by atoms with Gasteiger partial charge in [-0.15, -0.1) is 0 Å². The number of ether oxygens (including phenoxy) is 1. The minimum atomic E-state index is -1.11. The second-order valence-corrected chi connectivity index (χ2v) is 4.37. The molecule has 6 nitrogen and oxygen atoms in total. The lowest BCUT2D eigenvalue weighted by molar-refractivity contribution is -0.141. The van der Waals surface area contributed by atoms with Gasteiger partial charge in [0.1, 0.15) is 6.04 Å². The summed E-state index contributed by atoms with van der Waals surface area (Å²) < 4.78 is 4.93. The first-order chi connectivity index (χ1) is 7.41. The van der Waals surface area contributed by atoms with E-state index in [-0.39, 0.29) is 25.5 Å². The average molecular weight is 231 g/mol. The third kappa shape index (κ3) is 3.10. The molecular weight excluding hydrogens is 214 g/mol. The van der Waals surface area contributed by atoms with Crippen molar-refractivity contribution in [2.75, 3.05) is 13.2 Å². The van der Waals surface area contributed by atoms with Crippen LogP contribution >= 0.6 is 0 Å². The third-order valence-corrected chi connectivity index (χ3v) is 2.34. The van der Waals surface area contributed by atoms with Crippen LogP contribution in [0.2, 0.25) is 0 Å². The van der Waals surface area contributed by atoms with Gasteiger partial charge in [0.15, 0.2) is 0 Å². The monoisotopic (exact) mass is 231 g/mol. The number of carboxylic acids is 1. The molecular formula is C10H17NO5. The van der Waals surface area contributed by atoms with Gasteiger partial charge in [-0.2, -0.15) is 0 Å². The minimum absolute atomic E-state index is 0.0217. The van der Waals surface area contributed by atoms with Crippen molar-refractivity contribution in [3.63, 3.8) is 0 Å². The van der Waals surface area contributed by atoms with Gasteiger partial charge in [-0.3, -0.25) is 4.90 Å². The number of likely N-dealkylation sites (tertiary alicyclic amines) is 1. The van der Waals surface area contributed by atoms with Crippen LogP contribution in [0.15, 0.2) is 0 Å². The SMILES string of the molecule is CC(C)COC(=O)N1CC(O)C[C@H]1C(=O)O. The lowest BCUT2D eigenvalue weighted by Gasteiger charge is -2.21. The van der Waals surface area contributed by atoms with E-state index in [1.54, 1.807) is 0 Å². The zero-order valence-electron chi connectivity index (χ0n) is 9.42. The number of aliphatic carboxylic acids is 1. The lowest BCUT2D eigenvalue weighted by Crippen LogP contribution is -2.41. The molecule has 1 rings (SSSR count). The van der Waals surface area contributed by atoms with Gasteiger partial charge in [0.05, 0.1) is 19.3 Å². The summed E-state index contributed by atoms with van der Waals surface area (Å²) in [5, 5.41) is 18.2. The van der Waals surface area contributed by atoms with E-state index in [1.807, 2.05) is 13.8 Å². The van der Waals surface area contributed by atoms with Crippen LogP contribution in [0.4, 0.5) is 4.79 Å². The van der Waals surface area contributed by atoms with Crippen LogP contribution in [-0.2, 0) is 9.53 Å². The van der Waals surface area contributed by atoms with Crippen molar-refractivity contribution in [3.8, 4) is 0 Å². The van der Waals surface area contributed by atoms with E-state index in [2.05, 4.69) is 0 Å². The number of nitrogens with zero attached hydrogens (tertiary/aromatic N) is 1. The molecule has 0 aromatic heterocycles. The smallest absolute Gasteiger partial charge is 0.410 e. The van der Waals surface area contributed by atoms with Gasteiger partial charge in [0, 0.05) is 6.42 Å². The summed E-state index contributed by atoms with van der Waals surface area (Å²) in [5.74, 6) is -0.919. The van der Waals surface area contributed by atoms with E-state index in [9.17, 15) is 14.7 Å². The highest BCUT2D eigenvalue weighted by Crippen LogP contribution is 2.19. The number of carbonyl (C=O) groups excluding carboxylic acids is 1. The number of carboxylic acid groups (broad SMARTS) is 1. The van der Waals surface area contributed by atoms with Gasteiger partial charge >= 0.3 is 12.1 Å². The summed E-state index contributed by atoms with van der Waals surface area (Å²) in [6, 6.07) is -0.977. The van der Waals surface area contributed by atoms with Crippen molar-refractivity contribution >= 4 is 12.1 Å². The van der Waals surface area contributed by atoms with Crippen LogP contribution in [0.25, 0.3) is 0 Å². The quantitative estimate of drug-likeness (QED) is 0.729. The summed E-state index contributed by atoms with van der Waals surface area (Å²) in [7, 11) is 0. The lowest BCUT2D eigenvalue weighted by atomic mass is 10.2. The van der Waals surface area contributed by atoms with Crippen LogP contribution in [0.3, 0.4) is 0 Å². The Morgan fingerprint density at radius 1 is 1.50 bits per heavy atom. The molecule has 0 aromatic rings. The van der Waals surface area contributed by atoms with E-state index < -0.39 is 24.2 Å². The number of amides is 1. The Morgan fingerprint density at radius 3 is 2.62 bits per heavy atom. The Hall–Kier alpha value is -1.30. The highest BCUT2D eigenvalue weighted by molar-refractivity contribution is 5.80. The molecule has 1 heterocycles. The standard InChI is InChI=1S/C10H17NO5/c1-6(2)5-16-10(15)11-4-7(12)3-8(11)9(13)14/h6-8,12H,3-5H2,1-2H3,(H,13,14)/t7?,8-/m0/s1. The molecule has 1 fully saturated rings. The summed E-state index contributed by atoms with van der Waals surface area (Å²) in [4.78, 5) is 23.4. The van der Waals surface area contributed by atoms with Gasteiger partial charge in [0.2, 0.25) is 0 Å². The van der Waals surface area contributed by atoms with Gasteiger partial charge in [-0.05, 0) is 5.92 Å². The first-order valence-corrected chi connectivity index (χ1v) is 5.26. The fraction of sp³-hybridized carbons (Fsp3) is 0.800. The maximum Gasteiger partial charge on any atom is 0.410 e. The molecule has 0 spiro atoms. The zero-order valence-corrected chi connectivity index (χ0v) is 9.42.